The summed E-state index contributed by atoms with van der Waals surface area (Å²) < 4.78 is 0. The Bertz CT molecular complexity index is 495. The number of rotatable bonds is 4. The molecule has 1 N–H and O–H groups in total. The van der Waals surface area contributed by atoms with Gasteiger partial charge in [-0.1, -0.05) is 19.1 Å². The number of carbonyl (C=O) groups is 1. The third-order valence-electron chi connectivity index (χ3n) is 4.91. The fourth-order valence-corrected chi connectivity index (χ4v) is 3.62. The van der Waals surface area contributed by atoms with E-state index in [1.165, 1.54) is 11.3 Å². The minimum atomic E-state index is 0.342. The van der Waals surface area contributed by atoms with Crippen LogP contribution in [0.15, 0.2) is 24.3 Å². The Hall–Kier alpha value is -1.55. The van der Waals surface area contributed by atoms with Gasteiger partial charge in [-0.05, 0) is 37.6 Å². The molecule has 21 heavy (non-hydrogen) atoms. The first-order valence-corrected chi connectivity index (χ1v) is 8.04. The van der Waals surface area contributed by atoms with Gasteiger partial charge in [0.05, 0.1) is 0 Å². The molecule has 2 aliphatic rings. The second-order valence-electron chi connectivity index (χ2n) is 6.07. The number of carbonyl (C=O) groups excluding carboxylic acids is 1. The predicted octanol–water partition coefficient (Wildman–Crippen LogP) is 2.17. The first-order valence-electron chi connectivity index (χ1n) is 8.04. The lowest BCUT2D eigenvalue weighted by Gasteiger charge is -2.39. The van der Waals surface area contributed by atoms with E-state index in [1.807, 2.05) is 7.05 Å². The van der Waals surface area contributed by atoms with Crippen LogP contribution in [0.2, 0.25) is 0 Å². The fourth-order valence-electron chi connectivity index (χ4n) is 3.62. The summed E-state index contributed by atoms with van der Waals surface area (Å²) in [6.07, 6.45) is 2.85. The van der Waals surface area contributed by atoms with Gasteiger partial charge in [0.15, 0.2) is 0 Å². The number of anilines is 1. The summed E-state index contributed by atoms with van der Waals surface area (Å²) in [5, 5.41) is 3.34. The second kappa shape index (κ2) is 6.06. The molecule has 2 aliphatic heterocycles. The Morgan fingerprint density at radius 3 is 2.71 bits per heavy atom. The molecule has 0 aromatic heterocycles. The highest BCUT2D eigenvalue weighted by Crippen LogP contribution is 2.27. The molecule has 0 bridgehead atoms. The molecule has 0 spiro atoms. The Balaban J connectivity index is 1.69. The number of nitrogens with one attached hydrogen (secondary N) is 1. The molecular weight excluding hydrogens is 262 g/mol. The molecule has 2 atom stereocenters. The van der Waals surface area contributed by atoms with Gasteiger partial charge in [-0.2, -0.15) is 0 Å². The van der Waals surface area contributed by atoms with E-state index in [1.54, 1.807) is 0 Å². The minimum absolute atomic E-state index is 0.342. The van der Waals surface area contributed by atoms with E-state index in [-0.39, 0.29) is 0 Å². The summed E-state index contributed by atoms with van der Waals surface area (Å²) in [5.74, 6) is 0.342. The summed E-state index contributed by atoms with van der Waals surface area (Å²) in [5.41, 5.74) is 2.63. The highest BCUT2D eigenvalue weighted by Gasteiger charge is 2.35. The van der Waals surface area contributed by atoms with Crippen molar-refractivity contribution < 1.29 is 4.79 Å². The summed E-state index contributed by atoms with van der Waals surface area (Å²) in [7, 11) is 2.01. The number of nitrogens with zero attached hydrogens (tertiary/aromatic N) is 2. The van der Waals surface area contributed by atoms with Crippen LogP contribution in [-0.2, 0) is 4.79 Å². The van der Waals surface area contributed by atoms with Crippen LogP contribution < -0.4 is 10.2 Å². The van der Waals surface area contributed by atoms with Crippen LogP contribution in [0.1, 0.15) is 37.8 Å². The van der Waals surface area contributed by atoms with Gasteiger partial charge in [0.25, 0.3) is 0 Å². The van der Waals surface area contributed by atoms with Gasteiger partial charge in [-0.3, -0.25) is 4.79 Å². The number of fused-ring (bicyclic) bond motifs is 1. The van der Waals surface area contributed by atoms with E-state index in [2.05, 4.69) is 46.3 Å². The number of hydrogen-bond acceptors (Lipinski definition) is 3. The summed E-state index contributed by atoms with van der Waals surface area (Å²) >= 11 is 0. The number of benzene rings is 1. The van der Waals surface area contributed by atoms with Gasteiger partial charge < -0.3 is 15.1 Å². The van der Waals surface area contributed by atoms with Crippen molar-refractivity contribution in [1.82, 2.24) is 10.2 Å². The third-order valence-corrected chi connectivity index (χ3v) is 4.91. The molecule has 0 aliphatic carbocycles. The van der Waals surface area contributed by atoms with Crippen LogP contribution in [0, 0.1) is 0 Å². The normalized spacial score (nSPS) is 23.3. The molecule has 1 aromatic carbocycles. The Kier molecular flexibility index (Phi) is 4.15. The van der Waals surface area contributed by atoms with Crippen molar-refractivity contribution in [2.45, 2.75) is 38.3 Å². The Labute approximate surface area is 127 Å². The zero-order valence-electron chi connectivity index (χ0n) is 13.0. The fraction of sp³-hybridized carbons (Fsp3) is 0.588. The van der Waals surface area contributed by atoms with Gasteiger partial charge in [-0.25, -0.2) is 0 Å². The quantitative estimate of drug-likeness (QED) is 0.922. The van der Waals surface area contributed by atoms with Gasteiger partial charge in [0.1, 0.15) is 0 Å². The Morgan fingerprint density at radius 1 is 1.29 bits per heavy atom. The average molecular weight is 287 g/mol. The van der Waals surface area contributed by atoms with Crippen molar-refractivity contribution in [2.24, 2.45) is 0 Å². The lowest BCUT2D eigenvalue weighted by atomic mass is 10.0. The average Bonchev–Trinajstić information content (AvgIpc) is 2.90. The topological polar surface area (TPSA) is 35.6 Å². The lowest BCUT2D eigenvalue weighted by Crippen LogP contribution is -2.51. The molecule has 1 amide bonds. The van der Waals surface area contributed by atoms with Crippen molar-refractivity contribution >= 4 is 11.6 Å². The highest BCUT2D eigenvalue weighted by atomic mass is 16.2. The lowest BCUT2D eigenvalue weighted by molar-refractivity contribution is -0.129. The zero-order chi connectivity index (χ0) is 14.8. The molecule has 114 valence electrons. The van der Waals surface area contributed by atoms with Crippen LogP contribution in [0.3, 0.4) is 0 Å². The van der Waals surface area contributed by atoms with Crippen molar-refractivity contribution in [2.75, 3.05) is 31.6 Å². The van der Waals surface area contributed by atoms with Gasteiger partial charge in [0, 0.05) is 43.8 Å². The maximum Gasteiger partial charge on any atom is 0.223 e. The molecule has 2 saturated heterocycles. The molecule has 2 heterocycles. The SMILES string of the molecule is CCC(NC)c1ccc(N2CCN3C(=O)CCC3C2)cc1. The number of piperazine rings is 1. The number of hydrogen-bond donors (Lipinski definition) is 1. The van der Waals surface area contributed by atoms with Crippen LogP contribution in [0.5, 0.6) is 0 Å². The molecule has 2 unspecified atom stereocenters. The van der Waals surface area contributed by atoms with Gasteiger partial charge >= 0.3 is 0 Å². The highest BCUT2D eigenvalue weighted by molar-refractivity contribution is 5.79. The van der Waals surface area contributed by atoms with E-state index in [0.717, 1.165) is 38.9 Å². The van der Waals surface area contributed by atoms with E-state index >= 15 is 0 Å². The molecule has 2 fully saturated rings. The summed E-state index contributed by atoms with van der Waals surface area (Å²) in [6, 6.07) is 9.76. The van der Waals surface area contributed by atoms with Crippen LogP contribution in [-0.4, -0.2) is 43.5 Å². The van der Waals surface area contributed by atoms with Crippen molar-refractivity contribution in [1.29, 1.82) is 0 Å². The van der Waals surface area contributed by atoms with E-state index in [9.17, 15) is 4.79 Å². The van der Waals surface area contributed by atoms with Gasteiger partial charge in [-0.15, -0.1) is 0 Å². The molecule has 0 radical (unpaired) electrons. The first kappa shape index (κ1) is 14.4. The largest absolute Gasteiger partial charge is 0.368 e. The summed E-state index contributed by atoms with van der Waals surface area (Å²) in [6.45, 7) is 5.00. The molecule has 0 saturated carbocycles. The third kappa shape index (κ3) is 2.77. The van der Waals surface area contributed by atoms with Crippen LogP contribution >= 0.6 is 0 Å². The monoisotopic (exact) mass is 287 g/mol. The maximum absolute atomic E-state index is 11.7. The van der Waals surface area contributed by atoms with E-state index in [4.69, 9.17) is 0 Å². The Morgan fingerprint density at radius 2 is 2.05 bits per heavy atom. The smallest absolute Gasteiger partial charge is 0.223 e. The molecule has 4 heteroatoms. The molecule has 3 rings (SSSR count). The van der Waals surface area contributed by atoms with E-state index in [0.29, 0.717) is 18.0 Å². The van der Waals surface area contributed by atoms with Crippen LogP contribution in [0.25, 0.3) is 0 Å². The second-order valence-corrected chi connectivity index (χ2v) is 6.07. The molecular formula is C17H25N3O. The van der Waals surface area contributed by atoms with Crippen molar-refractivity contribution in [3.63, 3.8) is 0 Å². The summed E-state index contributed by atoms with van der Waals surface area (Å²) in [4.78, 5) is 16.2. The van der Waals surface area contributed by atoms with Gasteiger partial charge in [0.2, 0.25) is 5.91 Å². The maximum atomic E-state index is 11.7. The number of amides is 1. The molecule has 1 aromatic rings. The van der Waals surface area contributed by atoms with Crippen LogP contribution in [0.4, 0.5) is 5.69 Å². The van der Waals surface area contributed by atoms with E-state index < -0.39 is 0 Å². The van der Waals surface area contributed by atoms with Crippen molar-refractivity contribution in [3.05, 3.63) is 29.8 Å². The predicted molar refractivity (Wildman–Crippen MR) is 85.5 cm³/mol. The molecule has 4 nitrogen and oxygen atoms in total. The standard InChI is InChI=1S/C17H25N3O/c1-3-16(18-2)13-4-6-14(7-5-13)19-10-11-20-15(12-19)8-9-17(20)21/h4-7,15-16,18H,3,8-12H2,1-2H3. The van der Waals surface area contributed by atoms with Crippen molar-refractivity contribution in [3.8, 4) is 0 Å². The minimum Gasteiger partial charge on any atom is -0.368 e. The first-order chi connectivity index (χ1) is 10.2. The zero-order valence-corrected chi connectivity index (χ0v) is 13.0.